The van der Waals surface area contributed by atoms with Gasteiger partial charge in [-0.3, -0.25) is 0 Å². The molecule has 104 valence electrons. The molecule has 0 spiro atoms. The first kappa shape index (κ1) is 13.1. The van der Waals surface area contributed by atoms with Gasteiger partial charge in [0.2, 0.25) is 0 Å². The lowest BCUT2D eigenvalue weighted by Crippen LogP contribution is -1.91. The minimum Gasteiger partial charge on any atom is -0.505 e. The number of nitrogens with one attached hydrogen (secondary N) is 1. The Balaban J connectivity index is 2.12. The van der Waals surface area contributed by atoms with Gasteiger partial charge >= 0.3 is 0 Å². The molecule has 3 rings (SSSR count). The standard InChI is InChI=1S/C17H14N2O2/c1-11-6-8-12(9-7-11)18-16-10-15(19-21)13-4-2-3-5-14(13)17(16)20/h2-10,18,20H,1H3. The van der Waals surface area contributed by atoms with Gasteiger partial charge in [0.25, 0.3) is 0 Å². The average Bonchev–Trinajstić information content (AvgIpc) is 2.52. The Morgan fingerprint density at radius 3 is 2.33 bits per heavy atom. The van der Waals surface area contributed by atoms with Gasteiger partial charge in [-0.15, -0.1) is 4.91 Å². The Morgan fingerprint density at radius 1 is 1.00 bits per heavy atom. The van der Waals surface area contributed by atoms with Crippen LogP contribution in [-0.2, 0) is 0 Å². The van der Waals surface area contributed by atoms with Crippen LogP contribution in [0.3, 0.4) is 0 Å². The molecule has 0 aliphatic rings. The predicted molar refractivity (Wildman–Crippen MR) is 85.5 cm³/mol. The van der Waals surface area contributed by atoms with E-state index >= 15 is 0 Å². The van der Waals surface area contributed by atoms with Crippen LogP contribution in [0.2, 0.25) is 0 Å². The minimum absolute atomic E-state index is 0.110. The van der Waals surface area contributed by atoms with Crippen LogP contribution in [-0.4, -0.2) is 5.11 Å². The molecule has 0 heterocycles. The lowest BCUT2D eigenvalue weighted by molar-refractivity contribution is 0.484. The minimum atomic E-state index is 0.110. The zero-order chi connectivity index (χ0) is 14.8. The van der Waals surface area contributed by atoms with Gasteiger partial charge in [0, 0.05) is 16.5 Å². The van der Waals surface area contributed by atoms with Crippen LogP contribution in [0.4, 0.5) is 17.1 Å². The van der Waals surface area contributed by atoms with Gasteiger partial charge in [-0.25, -0.2) is 0 Å². The normalized spacial score (nSPS) is 10.5. The number of nitroso groups, excluding NO2 is 1. The van der Waals surface area contributed by atoms with E-state index < -0.39 is 0 Å². The van der Waals surface area contributed by atoms with Crippen molar-refractivity contribution in [3.63, 3.8) is 0 Å². The van der Waals surface area contributed by atoms with Crippen molar-refractivity contribution in [2.24, 2.45) is 5.18 Å². The SMILES string of the molecule is Cc1ccc(Nc2cc(N=O)c3ccccc3c2O)cc1. The van der Waals surface area contributed by atoms with E-state index in [1.165, 1.54) is 0 Å². The van der Waals surface area contributed by atoms with Crippen molar-refractivity contribution in [3.05, 3.63) is 65.1 Å². The highest BCUT2D eigenvalue weighted by molar-refractivity contribution is 6.01. The van der Waals surface area contributed by atoms with Crippen LogP contribution in [0.1, 0.15) is 5.56 Å². The van der Waals surface area contributed by atoms with E-state index in [1.54, 1.807) is 18.2 Å². The third-order valence-electron chi connectivity index (χ3n) is 3.42. The summed E-state index contributed by atoms with van der Waals surface area (Å²) in [5.41, 5.74) is 2.76. The average molecular weight is 278 g/mol. The molecule has 3 aromatic carbocycles. The third kappa shape index (κ3) is 2.43. The fourth-order valence-electron chi connectivity index (χ4n) is 2.30. The quantitative estimate of drug-likeness (QED) is 0.523. The number of rotatable bonds is 3. The van der Waals surface area contributed by atoms with Gasteiger partial charge in [-0.05, 0) is 30.3 Å². The summed E-state index contributed by atoms with van der Waals surface area (Å²) in [6.07, 6.45) is 0. The number of aromatic hydroxyl groups is 1. The van der Waals surface area contributed by atoms with E-state index in [2.05, 4.69) is 10.5 Å². The van der Waals surface area contributed by atoms with Crippen LogP contribution in [0.5, 0.6) is 5.75 Å². The number of fused-ring (bicyclic) bond motifs is 1. The number of nitrogens with zero attached hydrogens (tertiary/aromatic N) is 1. The lowest BCUT2D eigenvalue weighted by atomic mass is 10.1. The lowest BCUT2D eigenvalue weighted by Gasteiger charge is -2.12. The third-order valence-corrected chi connectivity index (χ3v) is 3.42. The Morgan fingerprint density at radius 2 is 1.67 bits per heavy atom. The van der Waals surface area contributed by atoms with Crippen molar-refractivity contribution in [1.82, 2.24) is 0 Å². The van der Waals surface area contributed by atoms with Crippen LogP contribution in [0, 0.1) is 11.8 Å². The molecule has 4 nitrogen and oxygen atoms in total. The number of hydrogen-bond acceptors (Lipinski definition) is 4. The van der Waals surface area contributed by atoms with E-state index in [9.17, 15) is 10.0 Å². The zero-order valence-electron chi connectivity index (χ0n) is 11.5. The number of hydrogen-bond donors (Lipinski definition) is 2. The van der Waals surface area contributed by atoms with Gasteiger partial charge in [-0.1, -0.05) is 42.0 Å². The first-order valence-corrected chi connectivity index (χ1v) is 6.61. The first-order valence-electron chi connectivity index (χ1n) is 6.61. The molecular formula is C17H14N2O2. The highest BCUT2D eigenvalue weighted by atomic mass is 16.3. The Kier molecular flexibility index (Phi) is 3.28. The van der Waals surface area contributed by atoms with Crippen molar-refractivity contribution in [2.45, 2.75) is 6.92 Å². The Labute approximate surface area is 122 Å². The van der Waals surface area contributed by atoms with Crippen LogP contribution in [0.15, 0.2) is 59.8 Å². The molecule has 0 bridgehead atoms. The summed E-state index contributed by atoms with van der Waals surface area (Å²) >= 11 is 0. The van der Waals surface area contributed by atoms with E-state index in [-0.39, 0.29) is 5.75 Å². The summed E-state index contributed by atoms with van der Waals surface area (Å²) in [6.45, 7) is 2.01. The summed E-state index contributed by atoms with van der Waals surface area (Å²) in [5.74, 6) is 0.110. The van der Waals surface area contributed by atoms with Crippen LogP contribution >= 0.6 is 0 Å². The fourth-order valence-corrected chi connectivity index (χ4v) is 2.30. The molecule has 0 atom stereocenters. The molecule has 0 aromatic heterocycles. The number of benzene rings is 3. The summed E-state index contributed by atoms with van der Waals surface area (Å²) < 4.78 is 0. The monoisotopic (exact) mass is 278 g/mol. The van der Waals surface area contributed by atoms with Crippen molar-refractivity contribution in [3.8, 4) is 5.75 Å². The van der Waals surface area contributed by atoms with E-state index in [1.807, 2.05) is 43.3 Å². The number of aryl methyl sites for hydroxylation is 1. The van der Waals surface area contributed by atoms with Gasteiger partial charge in [-0.2, -0.15) is 0 Å². The summed E-state index contributed by atoms with van der Waals surface area (Å²) in [4.78, 5) is 11.0. The van der Waals surface area contributed by atoms with E-state index in [4.69, 9.17) is 0 Å². The first-order chi connectivity index (χ1) is 10.2. The van der Waals surface area contributed by atoms with Gasteiger partial charge in [0.15, 0.2) is 0 Å². The molecule has 0 radical (unpaired) electrons. The molecule has 3 aromatic rings. The number of phenols is 1. The Bertz CT molecular complexity index is 811. The van der Waals surface area contributed by atoms with Gasteiger partial charge in [0.1, 0.15) is 11.4 Å². The summed E-state index contributed by atoms with van der Waals surface area (Å²) in [5, 5.41) is 17.8. The summed E-state index contributed by atoms with van der Waals surface area (Å²) in [6, 6.07) is 16.5. The molecule has 0 fully saturated rings. The highest BCUT2D eigenvalue weighted by Crippen LogP contribution is 2.40. The molecule has 0 saturated heterocycles. The molecule has 2 N–H and O–H groups in total. The molecule has 0 aliphatic heterocycles. The van der Waals surface area contributed by atoms with Crippen LogP contribution < -0.4 is 5.32 Å². The topological polar surface area (TPSA) is 61.7 Å². The number of phenolic OH excluding ortho intramolecular Hbond substituents is 1. The molecule has 0 unspecified atom stereocenters. The maximum Gasteiger partial charge on any atom is 0.146 e. The van der Waals surface area contributed by atoms with Crippen molar-refractivity contribution in [1.29, 1.82) is 0 Å². The van der Waals surface area contributed by atoms with E-state index in [0.29, 0.717) is 22.1 Å². The molecule has 0 amide bonds. The van der Waals surface area contributed by atoms with Crippen molar-refractivity contribution >= 4 is 27.8 Å². The predicted octanol–water partition coefficient (Wildman–Crippen LogP) is 5.00. The number of anilines is 2. The Hall–Kier alpha value is -2.88. The van der Waals surface area contributed by atoms with Crippen molar-refractivity contribution in [2.75, 3.05) is 5.32 Å². The maximum absolute atomic E-state index is 11.0. The second-order valence-corrected chi connectivity index (χ2v) is 4.92. The maximum atomic E-state index is 11.0. The zero-order valence-corrected chi connectivity index (χ0v) is 11.5. The van der Waals surface area contributed by atoms with Crippen LogP contribution in [0.25, 0.3) is 10.8 Å². The van der Waals surface area contributed by atoms with Gasteiger partial charge < -0.3 is 10.4 Å². The molecule has 4 heteroatoms. The highest BCUT2D eigenvalue weighted by Gasteiger charge is 2.11. The molecule has 0 saturated carbocycles. The smallest absolute Gasteiger partial charge is 0.146 e. The molecule has 21 heavy (non-hydrogen) atoms. The van der Waals surface area contributed by atoms with Crippen molar-refractivity contribution < 1.29 is 5.11 Å². The molecule has 0 aliphatic carbocycles. The van der Waals surface area contributed by atoms with Gasteiger partial charge in [0.05, 0.1) is 5.69 Å². The second-order valence-electron chi connectivity index (χ2n) is 4.92. The second kappa shape index (κ2) is 5.25. The van der Waals surface area contributed by atoms with E-state index in [0.717, 1.165) is 11.3 Å². The fraction of sp³-hybridized carbons (Fsp3) is 0.0588. The largest absolute Gasteiger partial charge is 0.505 e. The molecular weight excluding hydrogens is 264 g/mol. The summed E-state index contributed by atoms with van der Waals surface area (Å²) in [7, 11) is 0.